The van der Waals surface area contributed by atoms with Crippen molar-refractivity contribution in [3.63, 3.8) is 0 Å². The molecule has 16 heteroatoms. The maximum Gasteiger partial charge on any atom is 0.303 e. The number of primary amides is 1. The minimum absolute atomic E-state index is 0.171. The van der Waals surface area contributed by atoms with Crippen LogP contribution in [0.2, 0.25) is 0 Å². The van der Waals surface area contributed by atoms with Crippen LogP contribution >= 0.6 is 0 Å². The Hall–Kier alpha value is -5.84. The number of rotatable bonds is 17. The fraction of sp³-hybridized carbons (Fsp3) is 0.451. The maximum atomic E-state index is 14.2. The third-order valence-electron chi connectivity index (χ3n) is 14.2. The van der Waals surface area contributed by atoms with E-state index >= 15 is 0 Å². The Morgan fingerprint density at radius 1 is 0.597 bits per heavy atom. The van der Waals surface area contributed by atoms with Gasteiger partial charge in [-0.15, -0.1) is 0 Å². The first-order chi connectivity index (χ1) is 32.2. The molecule has 8 rings (SSSR count). The second-order valence-electron chi connectivity index (χ2n) is 18.2. The molecule has 0 saturated carbocycles. The molecule has 4 saturated heterocycles. The number of carboxylic acids is 1. The van der Waals surface area contributed by atoms with E-state index in [2.05, 4.69) is 9.80 Å². The van der Waals surface area contributed by atoms with Crippen LogP contribution in [0.4, 0.5) is 17.6 Å². The van der Waals surface area contributed by atoms with Gasteiger partial charge in [-0.25, -0.2) is 17.6 Å². The van der Waals surface area contributed by atoms with Gasteiger partial charge in [0, 0.05) is 73.5 Å². The number of aliphatic carboxylic acids is 1. The van der Waals surface area contributed by atoms with Crippen molar-refractivity contribution >= 4 is 23.7 Å². The molecule has 0 radical (unpaired) electrons. The molecule has 4 aliphatic heterocycles. The monoisotopic (exact) mass is 929 g/mol. The van der Waals surface area contributed by atoms with Crippen LogP contribution in [0, 0.1) is 23.3 Å². The van der Waals surface area contributed by atoms with E-state index in [9.17, 15) is 47.0 Å². The molecular formula is C51H59F4N5O7. The molecule has 0 aromatic heterocycles. The normalized spacial score (nSPS) is 22.2. The number of nitrogens with two attached hydrogens (primary N) is 1. The molecule has 4 aromatic rings. The van der Waals surface area contributed by atoms with Crippen LogP contribution in [0.5, 0.6) is 5.75 Å². The lowest BCUT2D eigenvalue weighted by molar-refractivity contribution is -0.141. The van der Waals surface area contributed by atoms with E-state index in [1.165, 1.54) is 21.9 Å². The van der Waals surface area contributed by atoms with E-state index in [4.69, 9.17) is 10.8 Å². The molecule has 4 atom stereocenters. The zero-order valence-corrected chi connectivity index (χ0v) is 37.4. The van der Waals surface area contributed by atoms with Crippen LogP contribution in [-0.4, -0.2) is 116 Å². The van der Waals surface area contributed by atoms with Crippen molar-refractivity contribution in [3.8, 4) is 5.75 Å². The van der Waals surface area contributed by atoms with Gasteiger partial charge in [0.05, 0.1) is 19.5 Å². The van der Waals surface area contributed by atoms with Crippen molar-refractivity contribution in [2.75, 3.05) is 32.8 Å². The van der Waals surface area contributed by atoms with E-state index in [1.807, 2.05) is 36.4 Å². The van der Waals surface area contributed by atoms with Crippen molar-refractivity contribution in [2.45, 2.75) is 113 Å². The number of aromatic hydroxyl groups is 1. The van der Waals surface area contributed by atoms with Crippen molar-refractivity contribution in [2.24, 2.45) is 5.73 Å². The molecule has 3 amide bonds. The first-order valence-corrected chi connectivity index (χ1v) is 23.1. The minimum atomic E-state index is -1.09. The largest absolute Gasteiger partial charge is 0.508 e. The number of carbonyl (C=O) groups is 4. The highest BCUT2D eigenvalue weighted by molar-refractivity contribution is 5.93. The highest BCUT2D eigenvalue weighted by Crippen LogP contribution is 2.44. The summed E-state index contributed by atoms with van der Waals surface area (Å²) in [5.41, 5.74) is 7.85. The fourth-order valence-corrected chi connectivity index (χ4v) is 10.8. The van der Waals surface area contributed by atoms with Gasteiger partial charge in [-0.05, 0) is 123 Å². The maximum absolute atomic E-state index is 14.2. The van der Waals surface area contributed by atoms with Gasteiger partial charge in [-0.2, -0.15) is 0 Å². The molecule has 4 unspecified atom stereocenters. The third kappa shape index (κ3) is 12.2. The van der Waals surface area contributed by atoms with Gasteiger partial charge in [0.15, 0.2) is 0 Å². The van der Waals surface area contributed by atoms with Gasteiger partial charge >= 0.3 is 5.97 Å². The standard InChI is InChI=1S/C26H30F2N2O4.C25H29F2N3O3/c27-23-5-2-6-24(28)22(23)16-29(25(32)9-10-26(33)34)11-12-30-19-7-8-20(30)14-18(13-19)17-3-1-4-21(31)15-17;26-22-5-2-6-23(27)21(22)14-29(24(32)15-31)9-10-30-19-7-8-20(30)13-18(12-19)16-3-1-4-17(11-16)25(28)33/h1-6,15,18-20,31H,7-14,16H2,(H,33,34);1-6,11,18-20,31H,7-10,12-15H2,(H2,28,33). The van der Waals surface area contributed by atoms with E-state index in [0.717, 1.165) is 86.8 Å². The fourth-order valence-electron chi connectivity index (χ4n) is 10.8. The molecule has 0 spiro atoms. The van der Waals surface area contributed by atoms with Crippen molar-refractivity contribution in [1.29, 1.82) is 0 Å². The molecule has 0 aliphatic carbocycles. The summed E-state index contributed by atoms with van der Waals surface area (Å²) < 4.78 is 56.7. The Morgan fingerprint density at radius 2 is 1.01 bits per heavy atom. The van der Waals surface area contributed by atoms with E-state index in [1.54, 1.807) is 12.1 Å². The van der Waals surface area contributed by atoms with Crippen LogP contribution in [0.15, 0.2) is 84.9 Å². The summed E-state index contributed by atoms with van der Waals surface area (Å²) >= 11 is 0. The van der Waals surface area contributed by atoms with Gasteiger partial charge in [0.2, 0.25) is 17.7 Å². The van der Waals surface area contributed by atoms with E-state index in [-0.39, 0.29) is 55.9 Å². The van der Waals surface area contributed by atoms with Gasteiger partial charge in [0.1, 0.15) is 35.6 Å². The average molecular weight is 930 g/mol. The lowest BCUT2D eigenvalue weighted by atomic mass is 9.84. The highest BCUT2D eigenvalue weighted by atomic mass is 19.1. The van der Waals surface area contributed by atoms with Crippen LogP contribution in [-0.2, 0) is 27.5 Å². The molecule has 4 aromatic carbocycles. The number of phenols is 1. The Balaban J connectivity index is 0.000000199. The third-order valence-corrected chi connectivity index (χ3v) is 14.2. The molecule has 4 fully saturated rings. The smallest absolute Gasteiger partial charge is 0.303 e. The molecule has 67 heavy (non-hydrogen) atoms. The number of benzene rings is 4. The Morgan fingerprint density at radius 3 is 1.43 bits per heavy atom. The van der Waals surface area contributed by atoms with E-state index in [0.29, 0.717) is 54.7 Å². The number of hydrogen-bond acceptors (Lipinski definition) is 8. The zero-order valence-electron chi connectivity index (χ0n) is 37.4. The number of fused-ring (bicyclic) bond motifs is 4. The van der Waals surface area contributed by atoms with E-state index < -0.39 is 53.6 Å². The summed E-state index contributed by atoms with van der Waals surface area (Å²) in [6.45, 7) is 0.539. The highest BCUT2D eigenvalue weighted by Gasteiger charge is 2.42. The molecule has 12 nitrogen and oxygen atoms in total. The van der Waals surface area contributed by atoms with Gasteiger partial charge in [-0.1, -0.05) is 36.4 Å². The van der Waals surface area contributed by atoms with Crippen molar-refractivity contribution in [3.05, 3.63) is 136 Å². The van der Waals surface area contributed by atoms with Crippen molar-refractivity contribution in [1.82, 2.24) is 19.6 Å². The number of carbonyl (C=O) groups excluding carboxylic acids is 3. The summed E-state index contributed by atoms with van der Waals surface area (Å²) in [6, 6.07) is 23.5. The molecule has 4 aliphatic rings. The average Bonchev–Trinajstić information content (AvgIpc) is 3.68. The van der Waals surface area contributed by atoms with Crippen LogP contribution < -0.4 is 5.73 Å². The summed E-state index contributed by atoms with van der Waals surface area (Å²) in [7, 11) is 0. The Bertz CT molecular complexity index is 2340. The molecule has 5 N–H and O–H groups in total. The van der Waals surface area contributed by atoms with Gasteiger partial charge < -0.3 is 30.9 Å². The molecular weight excluding hydrogens is 871 g/mol. The summed E-state index contributed by atoms with van der Waals surface area (Å²) in [5.74, 6) is -4.38. The second-order valence-corrected chi connectivity index (χ2v) is 18.2. The topological polar surface area (TPSA) is 168 Å². The number of aliphatic hydroxyl groups is 1. The quantitative estimate of drug-likeness (QED) is 0.0811. The predicted molar refractivity (Wildman–Crippen MR) is 242 cm³/mol. The number of nitrogens with zero attached hydrogens (tertiary/aromatic N) is 4. The molecule has 358 valence electrons. The van der Waals surface area contributed by atoms with Crippen LogP contribution in [0.1, 0.15) is 109 Å². The Labute approximate surface area is 388 Å². The summed E-state index contributed by atoms with van der Waals surface area (Å²) in [6.07, 6.45) is 7.45. The van der Waals surface area contributed by atoms with Gasteiger partial charge in [0.25, 0.3) is 0 Å². The lowest BCUT2D eigenvalue weighted by Gasteiger charge is -2.40. The minimum Gasteiger partial charge on any atom is -0.508 e. The number of halogens is 4. The summed E-state index contributed by atoms with van der Waals surface area (Å²) in [4.78, 5) is 55.0. The predicted octanol–water partition coefficient (Wildman–Crippen LogP) is 7.07. The van der Waals surface area contributed by atoms with Gasteiger partial charge in [-0.3, -0.25) is 29.0 Å². The molecule has 4 bridgehead atoms. The Kier molecular flexibility index (Phi) is 16.3. The number of piperidine rings is 2. The second kappa shape index (κ2) is 22.3. The number of carboxylic acid groups (broad SMARTS) is 1. The van der Waals surface area contributed by atoms with Crippen molar-refractivity contribution < 1.29 is 52.1 Å². The number of amides is 3. The SMILES string of the molecule is NC(=O)c1cccc(C2CC3CCC(C2)N3CCN(Cc2c(F)cccc2F)C(=O)CO)c1.O=C(O)CCC(=O)N(CCN1C2CCC1CC(c1cccc(O)c1)C2)Cc1c(F)cccc1F. The number of phenolic OH excluding ortho intramolecular Hbond substituents is 1. The zero-order chi connectivity index (χ0) is 47.8. The van der Waals surface area contributed by atoms with Crippen LogP contribution in [0.25, 0.3) is 0 Å². The summed E-state index contributed by atoms with van der Waals surface area (Å²) in [5, 5.41) is 28.2. The number of hydrogen-bond donors (Lipinski definition) is 4. The number of aliphatic hydroxyl groups excluding tert-OH is 1. The van der Waals surface area contributed by atoms with Crippen LogP contribution in [0.3, 0.4) is 0 Å². The molecule has 4 heterocycles. The lowest BCUT2D eigenvalue weighted by Crippen LogP contribution is -2.47. The first kappa shape index (κ1) is 49.1. The first-order valence-electron chi connectivity index (χ1n) is 23.1.